The zero-order valence-electron chi connectivity index (χ0n) is 12.1. The van der Waals surface area contributed by atoms with Gasteiger partial charge in [-0.25, -0.2) is 0 Å². The van der Waals surface area contributed by atoms with Gasteiger partial charge in [-0.05, 0) is 45.0 Å². The Morgan fingerprint density at radius 1 is 1.00 bits per heavy atom. The molecule has 22 heavy (non-hydrogen) atoms. The van der Waals surface area contributed by atoms with Crippen LogP contribution >= 0.6 is 0 Å². The summed E-state index contributed by atoms with van der Waals surface area (Å²) in [6.07, 6.45) is 0. The van der Waals surface area contributed by atoms with Crippen molar-refractivity contribution in [2.45, 2.75) is 6.54 Å². The Morgan fingerprint density at radius 2 is 1.86 bits per heavy atom. The van der Waals surface area contributed by atoms with Crippen molar-refractivity contribution < 1.29 is 0 Å². The Labute approximate surface area is 127 Å². The third-order valence-corrected chi connectivity index (χ3v) is 3.68. The maximum atomic E-state index is 4.40. The molecule has 0 amide bonds. The average molecular weight is 290 g/mol. The molecule has 0 saturated carbocycles. The van der Waals surface area contributed by atoms with E-state index in [0.717, 1.165) is 12.4 Å². The highest BCUT2D eigenvalue weighted by Gasteiger charge is 2.07. The molecule has 0 spiro atoms. The van der Waals surface area contributed by atoms with E-state index < -0.39 is 0 Å². The molecular weight excluding hydrogens is 276 g/mol. The molecule has 0 atom stereocenters. The summed E-state index contributed by atoms with van der Waals surface area (Å²) >= 11 is 0. The fraction of sp³-hybridized carbons (Fsp3) is 0.125. The molecule has 2 heterocycles. The van der Waals surface area contributed by atoms with Crippen molar-refractivity contribution >= 4 is 22.2 Å². The molecule has 0 N–H and O–H groups in total. The number of anilines is 1. The molecule has 0 aliphatic carbocycles. The molecular formula is C16H14N6. The quantitative estimate of drug-likeness (QED) is 0.579. The maximum Gasteiger partial charge on any atom is 0.200 e. The highest BCUT2D eigenvalue weighted by atomic mass is 15.6. The number of rotatable bonds is 3. The van der Waals surface area contributed by atoms with Crippen LogP contribution in [-0.4, -0.2) is 32.3 Å². The van der Waals surface area contributed by atoms with Crippen molar-refractivity contribution in [2.24, 2.45) is 0 Å². The highest BCUT2D eigenvalue weighted by molar-refractivity contribution is 5.83. The van der Waals surface area contributed by atoms with Gasteiger partial charge in [-0.2, -0.15) is 0 Å². The summed E-state index contributed by atoms with van der Waals surface area (Å²) in [7, 11) is 2.01. The van der Waals surface area contributed by atoms with Gasteiger partial charge in [-0.15, -0.1) is 14.8 Å². The molecule has 6 nitrogen and oxygen atoms in total. The van der Waals surface area contributed by atoms with E-state index in [0.29, 0.717) is 5.65 Å². The van der Waals surface area contributed by atoms with Gasteiger partial charge < -0.3 is 4.90 Å². The molecule has 4 rings (SSSR count). The van der Waals surface area contributed by atoms with Crippen LogP contribution in [0.25, 0.3) is 16.4 Å². The van der Waals surface area contributed by atoms with Crippen LogP contribution in [0.15, 0.2) is 54.6 Å². The second-order valence-electron chi connectivity index (χ2n) is 5.26. The predicted molar refractivity (Wildman–Crippen MR) is 84.6 cm³/mol. The van der Waals surface area contributed by atoms with E-state index in [2.05, 4.69) is 68.0 Å². The number of hydrogen-bond donors (Lipinski definition) is 0. The minimum Gasteiger partial charge on any atom is -0.354 e. The van der Waals surface area contributed by atoms with E-state index in [9.17, 15) is 0 Å². The zero-order chi connectivity index (χ0) is 14.9. The summed E-state index contributed by atoms with van der Waals surface area (Å²) in [5.74, 6) is 0.827. The SMILES string of the molecule is CN(Cc1ccc2ccccc2c1)c1ccc2nnnn2n1. The van der Waals surface area contributed by atoms with Crippen molar-refractivity contribution in [1.82, 2.24) is 25.3 Å². The maximum absolute atomic E-state index is 4.40. The van der Waals surface area contributed by atoms with Gasteiger partial charge >= 0.3 is 0 Å². The first-order valence-corrected chi connectivity index (χ1v) is 7.04. The van der Waals surface area contributed by atoms with E-state index in [-0.39, 0.29) is 0 Å². The normalized spacial score (nSPS) is 11.1. The Kier molecular flexibility index (Phi) is 2.93. The molecule has 2 aromatic heterocycles. The van der Waals surface area contributed by atoms with Gasteiger partial charge in [0.25, 0.3) is 0 Å². The molecule has 2 aromatic carbocycles. The third kappa shape index (κ3) is 2.24. The number of fused-ring (bicyclic) bond motifs is 2. The second-order valence-corrected chi connectivity index (χ2v) is 5.26. The molecule has 0 radical (unpaired) electrons. The molecule has 0 bridgehead atoms. The van der Waals surface area contributed by atoms with Gasteiger partial charge in [-0.3, -0.25) is 0 Å². The van der Waals surface area contributed by atoms with E-state index in [1.165, 1.54) is 21.0 Å². The van der Waals surface area contributed by atoms with Gasteiger partial charge in [-0.1, -0.05) is 36.4 Å². The minimum atomic E-state index is 0.642. The van der Waals surface area contributed by atoms with Crippen molar-refractivity contribution in [2.75, 3.05) is 11.9 Å². The fourth-order valence-electron chi connectivity index (χ4n) is 2.54. The van der Waals surface area contributed by atoms with Crippen molar-refractivity contribution in [3.63, 3.8) is 0 Å². The summed E-state index contributed by atoms with van der Waals surface area (Å²) in [5.41, 5.74) is 1.88. The summed E-state index contributed by atoms with van der Waals surface area (Å²) in [6.45, 7) is 0.769. The topological polar surface area (TPSA) is 59.2 Å². The van der Waals surface area contributed by atoms with Crippen LogP contribution in [0.3, 0.4) is 0 Å². The van der Waals surface area contributed by atoms with Gasteiger partial charge in [0.2, 0.25) is 0 Å². The Hall–Kier alpha value is -3.02. The van der Waals surface area contributed by atoms with E-state index in [4.69, 9.17) is 0 Å². The molecule has 0 unspecified atom stereocenters. The summed E-state index contributed by atoms with van der Waals surface area (Å²) < 4.78 is 1.44. The van der Waals surface area contributed by atoms with Crippen molar-refractivity contribution in [1.29, 1.82) is 0 Å². The molecule has 108 valence electrons. The van der Waals surface area contributed by atoms with Gasteiger partial charge in [0.05, 0.1) is 0 Å². The van der Waals surface area contributed by atoms with E-state index >= 15 is 0 Å². The number of nitrogens with zero attached hydrogens (tertiary/aromatic N) is 6. The Bertz CT molecular complexity index is 945. The van der Waals surface area contributed by atoms with Gasteiger partial charge in [0.15, 0.2) is 11.5 Å². The van der Waals surface area contributed by atoms with Crippen LogP contribution in [-0.2, 0) is 6.54 Å². The molecule has 0 saturated heterocycles. The number of tetrazole rings is 1. The predicted octanol–water partition coefficient (Wildman–Crippen LogP) is 2.31. The van der Waals surface area contributed by atoms with Crippen LogP contribution in [0.5, 0.6) is 0 Å². The van der Waals surface area contributed by atoms with Crippen LogP contribution in [0.2, 0.25) is 0 Å². The lowest BCUT2D eigenvalue weighted by Gasteiger charge is -2.18. The smallest absolute Gasteiger partial charge is 0.200 e. The van der Waals surface area contributed by atoms with Crippen LogP contribution in [0.1, 0.15) is 5.56 Å². The number of benzene rings is 2. The lowest BCUT2D eigenvalue weighted by molar-refractivity contribution is 0.720. The third-order valence-electron chi connectivity index (χ3n) is 3.68. The minimum absolute atomic E-state index is 0.642. The molecule has 6 heteroatoms. The van der Waals surface area contributed by atoms with Crippen LogP contribution in [0, 0.1) is 0 Å². The Balaban J connectivity index is 1.62. The first-order valence-electron chi connectivity index (χ1n) is 7.04. The number of aromatic nitrogens is 5. The number of hydrogen-bond acceptors (Lipinski definition) is 5. The molecule has 4 aromatic rings. The highest BCUT2D eigenvalue weighted by Crippen LogP contribution is 2.18. The van der Waals surface area contributed by atoms with Gasteiger partial charge in [0, 0.05) is 13.6 Å². The largest absolute Gasteiger partial charge is 0.354 e. The first-order chi connectivity index (χ1) is 10.8. The first kappa shape index (κ1) is 12.7. The molecule has 0 aliphatic rings. The summed E-state index contributed by atoms with van der Waals surface area (Å²) in [6, 6.07) is 18.7. The van der Waals surface area contributed by atoms with Crippen molar-refractivity contribution in [3.8, 4) is 0 Å². The average Bonchev–Trinajstić information content (AvgIpc) is 3.02. The van der Waals surface area contributed by atoms with E-state index in [1.807, 2.05) is 19.2 Å². The van der Waals surface area contributed by atoms with Gasteiger partial charge in [0.1, 0.15) is 0 Å². The zero-order valence-corrected chi connectivity index (χ0v) is 12.1. The lowest BCUT2D eigenvalue weighted by Crippen LogP contribution is -2.18. The fourth-order valence-corrected chi connectivity index (χ4v) is 2.54. The molecule has 0 fully saturated rings. The lowest BCUT2D eigenvalue weighted by atomic mass is 10.1. The summed E-state index contributed by atoms with van der Waals surface area (Å²) in [4.78, 5) is 2.07. The van der Waals surface area contributed by atoms with E-state index in [1.54, 1.807) is 0 Å². The van der Waals surface area contributed by atoms with Crippen LogP contribution in [0.4, 0.5) is 5.82 Å². The second kappa shape index (κ2) is 5.07. The summed E-state index contributed by atoms with van der Waals surface area (Å²) in [5, 5.41) is 18.2. The van der Waals surface area contributed by atoms with Crippen LogP contribution < -0.4 is 4.90 Å². The standard InChI is InChI=1S/C16H14N6/c1-21(16-9-8-15-17-19-20-22(15)18-16)11-12-6-7-13-4-2-3-5-14(13)10-12/h2-10H,11H2,1H3. The Morgan fingerprint density at radius 3 is 2.77 bits per heavy atom. The van der Waals surface area contributed by atoms with Crippen molar-refractivity contribution in [3.05, 3.63) is 60.2 Å². The molecule has 0 aliphatic heterocycles. The monoisotopic (exact) mass is 290 g/mol.